The normalized spacial score (nSPS) is 14.4. The fourth-order valence-electron chi connectivity index (χ4n) is 3.40. The van der Waals surface area contributed by atoms with Crippen molar-refractivity contribution in [3.8, 4) is 16.9 Å². The molecule has 29 heavy (non-hydrogen) atoms. The van der Waals surface area contributed by atoms with Crippen LogP contribution in [0.3, 0.4) is 0 Å². The van der Waals surface area contributed by atoms with Crippen LogP contribution in [0.4, 0.5) is 0 Å². The van der Waals surface area contributed by atoms with Crippen molar-refractivity contribution in [2.24, 2.45) is 20.0 Å². The summed E-state index contributed by atoms with van der Waals surface area (Å²) in [5.74, 6) is 1.32. The molecule has 8 heteroatoms. The average molecular weight is 416 g/mol. The summed E-state index contributed by atoms with van der Waals surface area (Å²) in [7, 11) is 0.309. The number of fused-ring (bicyclic) bond motifs is 1. The second-order valence-electron chi connectivity index (χ2n) is 7.79. The molecular weight excluding hydrogens is 390 g/mol. The maximum Gasteiger partial charge on any atom is 0.261 e. The van der Waals surface area contributed by atoms with Gasteiger partial charge in [-0.1, -0.05) is 13.0 Å². The first kappa shape index (κ1) is 19.7. The number of rotatable bonds is 7. The fourth-order valence-corrected chi connectivity index (χ4v) is 4.29. The summed E-state index contributed by atoms with van der Waals surface area (Å²) in [6.45, 7) is 2.28. The topological polar surface area (TPSA) is 83.2 Å². The van der Waals surface area contributed by atoms with E-state index in [-0.39, 0.29) is 17.1 Å². The van der Waals surface area contributed by atoms with Gasteiger partial charge in [-0.3, -0.25) is 9.48 Å². The van der Waals surface area contributed by atoms with Gasteiger partial charge in [-0.2, -0.15) is 5.10 Å². The van der Waals surface area contributed by atoms with E-state index in [2.05, 4.69) is 5.10 Å². The maximum absolute atomic E-state index is 12.5. The Bertz CT molecular complexity index is 1240. The minimum absolute atomic E-state index is 0.0312. The van der Waals surface area contributed by atoms with E-state index in [1.807, 2.05) is 12.1 Å². The molecule has 0 bridgehead atoms. The van der Waals surface area contributed by atoms with Gasteiger partial charge >= 0.3 is 0 Å². The standard InChI is InChI=1S/C21H25N3O4S/c1-4-29(26,27)13-15-7-8-19(28-12-14-5-6-14)16(9-15)17-10-23(2)21(25)18-11-24(3)22-20(17)18/h7-11,14H,4-6,12-13H2,1-3H3. The van der Waals surface area contributed by atoms with Crippen molar-refractivity contribution in [2.45, 2.75) is 25.5 Å². The van der Waals surface area contributed by atoms with Gasteiger partial charge in [0.2, 0.25) is 0 Å². The summed E-state index contributed by atoms with van der Waals surface area (Å²) in [4.78, 5) is 12.5. The third-order valence-corrected chi connectivity index (χ3v) is 6.94. The molecule has 0 N–H and O–H groups in total. The van der Waals surface area contributed by atoms with Gasteiger partial charge in [0.15, 0.2) is 9.84 Å². The van der Waals surface area contributed by atoms with Crippen LogP contribution >= 0.6 is 0 Å². The average Bonchev–Trinajstić information content (AvgIpc) is 3.43. The highest BCUT2D eigenvalue weighted by Gasteiger charge is 2.24. The van der Waals surface area contributed by atoms with Crippen LogP contribution < -0.4 is 10.3 Å². The van der Waals surface area contributed by atoms with Crippen molar-refractivity contribution >= 4 is 20.7 Å². The van der Waals surface area contributed by atoms with Crippen molar-refractivity contribution in [1.29, 1.82) is 0 Å². The lowest BCUT2D eigenvalue weighted by molar-refractivity contribution is 0.301. The molecule has 2 aromatic heterocycles. The summed E-state index contributed by atoms with van der Waals surface area (Å²) in [5.41, 5.74) is 2.67. The van der Waals surface area contributed by atoms with Crippen molar-refractivity contribution < 1.29 is 13.2 Å². The van der Waals surface area contributed by atoms with E-state index in [0.29, 0.717) is 34.7 Å². The number of hydrogen-bond donors (Lipinski definition) is 0. The monoisotopic (exact) mass is 415 g/mol. The minimum Gasteiger partial charge on any atom is -0.493 e. The molecule has 154 valence electrons. The second-order valence-corrected chi connectivity index (χ2v) is 10.1. The SMILES string of the molecule is CCS(=O)(=O)Cc1ccc(OCC2CC2)c(-c2cn(C)c(=O)c3cn(C)nc23)c1. The molecule has 1 saturated carbocycles. The summed E-state index contributed by atoms with van der Waals surface area (Å²) < 4.78 is 33.5. The highest BCUT2D eigenvalue weighted by molar-refractivity contribution is 7.90. The highest BCUT2D eigenvalue weighted by Crippen LogP contribution is 2.37. The van der Waals surface area contributed by atoms with Crippen molar-refractivity contribution in [1.82, 2.24) is 14.3 Å². The van der Waals surface area contributed by atoms with Crippen molar-refractivity contribution in [3.63, 3.8) is 0 Å². The lowest BCUT2D eigenvalue weighted by atomic mass is 10.0. The predicted molar refractivity (Wildman–Crippen MR) is 113 cm³/mol. The Morgan fingerprint density at radius 1 is 1.17 bits per heavy atom. The number of aromatic nitrogens is 3. The van der Waals surface area contributed by atoms with Crippen LogP contribution in [0.2, 0.25) is 0 Å². The van der Waals surface area contributed by atoms with Crippen LogP contribution in [0.25, 0.3) is 22.0 Å². The van der Waals surface area contributed by atoms with E-state index in [4.69, 9.17) is 4.74 Å². The van der Waals surface area contributed by atoms with E-state index in [1.165, 1.54) is 17.4 Å². The zero-order valence-electron chi connectivity index (χ0n) is 16.9. The number of pyridine rings is 1. The summed E-state index contributed by atoms with van der Waals surface area (Å²) in [5, 5.41) is 5.01. The van der Waals surface area contributed by atoms with Gasteiger partial charge in [-0.25, -0.2) is 8.42 Å². The molecular formula is C21H25N3O4S. The molecule has 7 nitrogen and oxygen atoms in total. The Morgan fingerprint density at radius 3 is 2.62 bits per heavy atom. The number of benzene rings is 1. The van der Waals surface area contributed by atoms with Crippen LogP contribution in [-0.2, 0) is 29.7 Å². The molecule has 1 fully saturated rings. The first-order valence-electron chi connectivity index (χ1n) is 9.77. The quantitative estimate of drug-likeness (QED) is 0.592. The molecule has 4 rings (SSSR count). The molecule has 2 heterocycles. The van der Waals surface area contributed by atoms with E-state index >= 15 is 0 Å². The van der Waals surface area contributed by atoms with Gasteiger partial charge in [-0.05, 0) is 36.5 Å². The Kier molecular flexibility index (Phi) is 4.98. The van der Waals surface area contributed by atoms with Crippen LogP contribution in [0.1, 0.15) is 25.3 Å². The predicted octanol–water partition coefficient (Wildman–Crippen LogP) is 2.66. The third kappa shape index (κ3) is 4.07. The lowest BCUT2D eigenvalue weighted by Gasteiger charge is -2.15. The molecule has 1 aliphatic carbocycles. The zero-order chi connectivity index (χ0) is 20.8. The third-order valence-electron chi connectivity index (χ3n) is 5.29. The largest absolute Gasteiger partial charge is 0.493 e. The molecule has 0 aliphatic heterocycles. The Balaban J connectivity index is 1.88. The van der Waals surface area contributed by atoms with Crippen LogP contribution in [0.5, 0.6) is 5.75 Å². The molecule has 0 amide bonds. The first-order valence-corrected chi connectivity index (χ1v) is 11.6. The van der Waals surface area contributed by atoms with E-state index in [1.54, 1.807) is 44.2 Å². The summed E-state index contributed by atoms with van der Waals surface area (Å²) in [6.07, 6.45) is 5.80. The fraction of sp³-hybridized carbons (Fsp3) is 0.429. The van der Waals surface area contributed by atoms with Gasteiger partial charge < -0.3 is 9.30 Å². The smallest absolute Gasteiger partial charge is 0.261 e. The number of aryl methyl sites for hydroxylation is 2. The molecule has 1 aromatic carbocycles. The van der Waals surface area contributed by atoms with E-state index < -0.39 is 9.84 Å². The van der Waals surface area contributed by atoms with Gasteiger partial charge in [-0.15, -0.1) is 0 Å². The lowest BCUT2D eigenvalue weighted by Crippen LogP contribution is -2.16. The molecule has 0 saturated heterocycles. The molecule has 0 radical (unpaired) electrons. The minimum atomic E-state index is -3.17. The number of ether oxygens (including phenoxy) is 1. The second kappa shape index (κ2) is 7.33. The summed E-state index contributed by atoms with van der Waals surface area (Å²) >= 11 is 0. The molecule has 1 aliphatic rings. The molecule has 0 spiro atoms. The Hall–Kier alpha value is -2.61. The molecule has 0 unspecified atom stereocenters. The van der Waals surface area contributed by atoms with E-state index in [0.717, 1.165) is 11.1 Å². The van der Waals surface area contributed by atoms with Crippen LogP contribution in [-0.4, -0.2) is 35.1 Å². The van der Waals surface area contributed by atoms with Gasteiger partial charge in [0.05, 0.1) is 17.7 Å². The van der Waals surface area contributed by atoms with Crippen molar-refractivity contribution in [2.75, 3.05) is 12.4 Å². The number of nitrogens with zero attached hydrogens (tertiary/aromatic N) is 3. The van der Waals surface area contributed by atoms with Crippen LogP contribution in [0, 0.1) is 5.92 Å². The van der Waals surface area contributed by atoms with Gasteiger partial charge in [0.25, 0.3) is 5.56 Å². The number of sulfone groups is 1. The Morgan fingerprint density at radius 2 is 1.93 bits per heavy atom. The van der Waals surface area contributed by atoms with Gasteiger partial charge in [0, 0.05) is 43.4 Å². The zero-order valence-corrected chi connectivity index (χ0v) is 17.7. The van der Waals surface area contributed by atoms with Crippen LogP contribution in [0.15, 0.2) is 35.4 Å². The first-order chi connectivity index (χ1) is 13.8. The van der Waals surface area contributed by atoms with E-state index in [9.17, 15) is 13.2 Å². The maximum atomic E-state index is 12.5. The van der Waals surface area contributed by atoms with Gasteiger partial charge in [0.1, 0.15) is 11.3 Å². The molecule has 3 aromatic rings. The van der Waals surface area contributed by atoms with Crippen molar-refractivity contribution in [3.05, 3.63) is 46.5 Å². The summed E-state index contributed by atoms with van der Waals surface area (Å²) in [6, 6.07) is 5.48. The molecule has 0 atom stereocenters. The number of hydrogen-bond acceptors (Lipinski definition) is 5. The Labute approximate surface area is 169 Å². The highest BCUT2D eigenvalue weighted by atomic mass is 32.2.